The van der Waals surface area contributed by atoms with Gasteiger partial charge < -0.3 is 125 Å². The number of aliphatic hydroxyl groups is 7. The number of esters is 1. The van der Waals surface area contributed by atoms with Crippen molar-refractivity contribution in [1.29, 1.82) is 0 Å². The van der Waals surface area contributed by atoms with Crippen molar-refractivity contribution in [2.45, 2.75) is 293 Å². The lowest BCUT2D eigenvalue weighted by Gasteiger charge is -2.34. The van der Waals surface area contributed by atoms with Crippen LogP contribution in [0.1, 0.15) is 177 Å². The Morgan fingerprint density at radius 1 is 0.574 bits per heavy atom. The minimum atomic E-state index is -2.24. The molecule has 1 aromatic rings. The van der Waals surface area contributed by atoms with E-state index in [0.717, 1.165) is 90.4 Å². The molecule has 40 heteroatoms. The van der Waals surface area contributed by atoms with Gasteiger partial charge in [0.05, 0.1) is 68.7 Å². The second-order valence-electron chi connectivity index (χ2n) is 30.5. The van der Waals surface area contributed by atoms with Gasteiger partial charge in [-0.3, -0.25) is 67.1 Å². The highest BCUT2D eigenvalue weighted by Gasteiger charge is 2.48. The molecule has 0 bridgehead atoms. The summed E-state index contributed by atoms with van der Waals surface area (Å²) in [6.45, 7) is 8.54. The Bertz CT molecular complexity index is 3410. The van der Waals surface area contributed by atoms with Gasteiger partial charge in [0, 0.05) is 32.5 Å². The first-order valence-corrected chi connectivity index (χ1v) is 39.2. The smallest absolute Gasteiger partial charge is 0.328 e. The van der Waals surface area contributed by atoms with E-state index in [0.29, 0.717) is 23.3 Å². The molecule has 3 aliphatic heterocycles. The summed E-state index contributed by atoms with van der Waals surface area (Å²) in [5.41, 5.74) is 5.71. The molecule has 4 rings (SSSR count). The molecule has 3 fully saturated rings. The van der Waals surface area contributed by atoms with Gasteiger partial charge in [-0.05, 0) is 104 Å². The van der Waals surface area contributed by atoms with E-state index in [1.165, 1.54) is 45.0 Å². The Hall–Kier alpha value is -8.96. The maximum atomic E-state index is 14.8. The lowest BCUT2D eigenvalue weighted by atomic mass is 9.99. The number of fused-ring (bicyclic) bond motifs is 2. The largest absolute Gasteiger partial charge is 0.508 e. The van der Waals surface area contributed by atoms with Gasteiger partial charge in [0.15, 0.2) is 0 Å². The van der Waals surface area contributed by atoms with Crippen LogP contribution in [-0.2, 0) is 83.1 Å². The topological polar surface area (TPSA) is 595 Å². The van der Waals surface area contributed by atoms with E-state index >= 15 is 0 Å². The van der Waals surface area contributed by atoms with Crippen LogP contribution < -0.4 is 64.2 Å². The van der Waals surface area contributed by atoms with Crippen molar-refractivity contribution in [3.05, 3.63) is 29.8 Å². The number of cyclic esters (lactones) is 1. The van der Waals surface area contributed by atoms with Crippen LogP contribution in [0.15, 0.2) is 24.3 Å². The maximum absolute atomic E-state index is 14.8. The third-order valence-corrected chi connectivity index (χ3v) is 19.7. The van der Waals surface area contributed by atoms with Crippen LogP contribution in [0, 0.1) is 5.92 Å². The van der Waals surface area contributed by atoms with E-state index in [2.05, 4.69) is 65.4 Å². The zero-order valence-electron chi connectivity index (χ0n) is 67.3. The van der Waals surface area contributed by atoms with Gasteiger partial charge in [-0.2, -0.15) is 0 Å². The van der Waals surface area contributed by atoms with Crippen molar-refractivity contribution in [3.8, 4) is 5.75 Å². The van der Waals surface area contributed by atoms with Crippen molar-refractivity contribution in [1.82, 2.24) is 73.2 Å². The Morgan fingerprint density at radius 2 is 1.08 bits per heavy atom. The first-order chi connectivity index (χ1) is 53.6. The zero-order valence-corrected chi connectivity index (χ0v) is 68.1. The van der Waals surface area contributed by atoms with Crippen LogP contribution in [0.3, 0.4) is 0 Å². The highest BCUT2D eigenvalue weighted by molar-refractivity contribution is 6.00. The van der Waals surface area contributed by atoms with Gasteiger partial charge >= 0.3 is 5.97 Å². The highest BCUT2D eigenvalue weighted by atomic mass is 35.5. The number of primary amides is 1. The van der Waals surface area contributed by atoms with Crippen LogP contribution in [0.2, 0.25) is 0 Å². The SMILES string of the molecule is CCCCCCCCCCCCC[C@@H]1CC(=O)N[C@H]([C@@H](C)O)C(=O)N[C@H](C)C(=O)N[C@@H](Cc2ccc(O)cc2)C(=O)N[C@@H](C(C)C)C(=O)N2C[C@H](O)C[C@H]2C(=O)N[C@H]([C@@H](C)O)C(=O)N[C@@H]([C@@H](C)O)C(=O)N2CC[C@H](O)[C@H]2C(=O)N[C@@H]([C@H](O)CC(N)=O)C(=O)NCC(=O)N[C@H]([C@@H](C)O)C(=O)N[C@@H](CCCNC(=O)CN(C)C)C(=O)O1.Cl. The van der Waals surface area contributed by atoms with E-state index in [1.54, 1.807) is 19.0 Å². The molecular weight excluding hydrogens is 1530 g/mol. The first kappa shape index (κ1) is 100. The number of hydrogen-bond donors (Lipinski definition) is 20. The van der Waals surface area contributed by atoms with Crippen molar-refractivity contribution < 1.29 is 118 Å². The molecule has 39 nitrogen and oxygen atoms in total. The number of aromatic hydroxyl groups is 1. The first-order valence-electron chi connectivity index (χ1n) is 39.2. The summed E-state index contributed by atoms with van der Waals surface area (Å²) in [6, 6.07) is -14.6. The summed E-state index contributed by atoms with van der Waals surface area (Å²) in [4.78, 5) is 214. The van der Waals surface area contributed by atoms with E-state index in [-0.39, 0.29) is 63.4 Å². The Balaban J connectivity index is 0.0000342. The number of likely N-dealkylation sites (N-methyl/N-ethyl adjacent to an activating group) is 1. The number of amides is 14. The molecule has 19 atom stereocenters. The van der Waals surface area contributed by atoms with Crippen LogP contribution in [0.4, 0.5) is 0 Å². The van der Waals surface area contributed by atoms with Crippen LogP contribution in [-0.4, -0.2) is 306 Å². The molecule has 1 aromatic carbocycles. The number of carbonyl (C=O) groups is 15. The van der Waals surface area contributed by atoms with Crippen molar-refractivity contribution in [3.63, 3.8) is 0 Å². The zero-order chi connectivity index (χ0) is 85.4. The van der Waals surface area contributed by atoms with E-state index < -0.39 is 249 Å². The van der Waals surface area contributed by atoms with Gasteiger partial charge in [0.1, 0.15) is 78.3 Å². The molecule has 0 spiro atoms. The average Bonchev–Trinajstić information content (AvgIpc) is 1.69. The third kappa shape index (κ3) is 33.3. The lowest BCUT2D eigenvalue weighted by Crippen LogP contribution is -2.64. The summed E-state index contributed by atoms with van der Waals surface area (Å²) in [5.74, 6) is -17.8. The minimum absolute atomic E-state index is 0. The molecule has 0 aliphatic carbocycles. The number of phenols is 1. The molecular formula is C75H124ClN15O24. The monoisotopic (exact) mass is 1650 g/mol. The number of phenolic OH excluding ortho intramolecular Hbond substituents is 1. The molecule has 3 heterocycles. The third-order valence-electron chi connectivity index (χ3n) is 19.7. The minimum Gasteiger partial charge on any atom is -0.508 e. The van der Waals surface area contributed by atoms with Gasteiger partial charge in [0.2, 0.25) is 82.7 Å². The predicted octanol–water partition coefficient (Wildman–Crippen LogP) is -5.33. The molecule has 115 heavy (non-hydrogen) atoms. The maximum Gasteiger partial charge on any atom is 0.328 e. The fourth-order valence-corrected chi connectivity index (χ4v) is 13.3. The van der Waals surface area contributed by atoms with Crippen molar-refractivity contribution in [2.75, 3.05) is 46.8 Å². The Labute approximate surface area is 675 Å². The van der Waals surface area contributed by atoms with E-state index in [9.17, 15) is 113 Å². The summed E-state index contributed by atoms with van der Waals surface area (Å²) < 4.78 is 6.03. The van der Waals surface area contributed by atoms with Crippen molar-refractivity contribution in [2.24, 2.45) is 11.7 Å². The summed E-state index contributed by atoms with van der Waals surface area (Å²) in [5, 5.41) is 114. The van der Waals surface area contributed by atoms with Gasteiger partial charge in [-0.15, -0.1) is 12.4 Å². The van der Waals surface area contributed by atoms with Gasteiger partial charge in [0.25, 0.3) is 0 Å². The molecule has 0 saturated carbocycles. The predicted molar refractivity (Wildman–Crippen MR) is 415 cm³/mol. The number of unbranched alkanes of at least 4 members (excludes halogenated alkanes) is 10. The number of hydrogen-bond acceptors (Lipinski definition) is 25. The standard InChI is InChI=1S/C75H123N15O24.ClH/c1-11-12-13-14-15-16-17-18-19-20-21-23-48-34-55(100)82-59(41(5)91)69(107)79-40(4)65(103)81-50(32-45-25-27-46(95)28-26-45)66(104)84-58(39(2)3)73(111)90-37-47(96)33-51(90)67(105)85-61(43(7)93)71(109)86-62(44(8)94)74(112)89-31-29-52(97)64(89)72(110)87-63(53(98)35-54(76)99)68(106)78-36-56(101)83-60(42(6)92)70(108)80-49(75(113)114-48)24-22-30-77-57(102)38-88(9)10;/h25-28,39-44,47-53,58-64,91-98H,11-24,29-38H2,1-10H3,(H2,76,99)(H,77,102)(H,78,106)(H,79,107)(H,80,108)(H,81,103)(H,82,100)(H,83,101)(H,84,104)(H,85,105)(H,86,109)(H,87,110);1H/t40-,41-,42-,43-,44-,47-,48-,49+,50+,51+,52+,53-,58+,59-,60-,61-,62+,63+,64+;/m1./s1. The van der Waals surface area contributed by atoms with Crippen LogP contribution >= 0.6 is 12.4 Å². The molecule has 0 unspecified atom stereocenters. The van der Waals surface area contributed by atoms with Gasteiger partial charge in [-0.25, -0.2) is 4.79 Å². The fourth-order valence-electron chi connectivity index (χ4n) is 13.3. The quantitative estimate of drug-likeness (QED) is 0.0275. The number of nitrogens with two attached hydrogens (primary N) is 1. The molecule has 0 radical (unpaired) electrons. The number of halogens is 1. The molecule has 3 saturated heterocycles. The van der Waals surface area contributed by atoms with Crippen molar-refractivity contribution >= 4 is 101 Å². The number of rotatable bonds is 28. The van der Waals surface area contributed by atoms with Crippen LogP contribution in [0.5, 0.6) is 5.75 Å². The van der Waals surface area contributed by atoms with Gasteiger partial charge in [-0.1, -0.05) is 97.1 Å². The summed E-state index contributed by atoms with van der Waals surface area (Å²) in [6.07, 6.45) is -6.67. The molecule has 3 aliphatic rings. The summed E-state index contributed by atoms with van der Waals surface area (Å²) >= 11 is 0. The molecule has 21 N–H and O–H groups in total. The number of ether oxygens (including phenoxy) is 1. The lowest BCUT2D eigenvalue weighted by molar-refractivity contribution is -0.155. The second kappa shape index (κ2) is 49.8. The highest BCUT2D eigenvalue weighted by Crippen LogP contribution is 2.25. The van der Waals surface area contributed by atoms with E-state index in [1.807, 2.05) is 0 Å². The number of aliphatic hydroxyl groups excluding tert-OH is 7. The average molecular weight is 1660 g/mol. The molecule has 0 aromatic heterocycles. The Morgan fingerprint density at radius 3 is 1.63 bits per heavy atom. The normalized spacial score (nSPS) is 27.0. The van der Waals surface area contributed by atoms with E-state index in [4.69, 9.17) is 10.5 Å². The second-order valence-corrected chi connectivity index (χ2v) is 30.5. The summed E-state index contributed by atoms with van der Waals surface area (Å²) in [7, 11) is 3.31. The number of nitrogens with one attached hydrogen (secondary N) is 11. The number of nitrogens with zero attached hydrogens (tertiary/aromatic N) is 3. The Kier molecular flexibility index (Phi) is 43.4. The number of carbonyl (C=O) groups excluding carboxylic acids is 15. The van der Waals surface area contributed by atoms with Crippen LogP contribution in [0.25, 0.3) is 0 Å². The fraction of sp³-hybridized carbons (Fsp3) is 0.720. The molecule has 650 valence electrons. The number of benzene rings is 1. The molecule has 14 amide bonds.